The van der Waals surface area contributed by atoms with Crippen molar-refractivity contribution in [2.45, 2.75) is 44.1 Å². The highest BCUT2D eigenvalue weighted by Crippen LogP contribution is 2.27. The third-order valence-electron chi connectivity index (χ3n) is 3.50. The van der Waals surface area contributed by atoms with Gasteiger partial charge in [-0.2, -0.15) is 5.26 Å². The minimum Gasteiger partial charge on any atom is -0.388 e. The van der Waals surface area contributed by atoms with Crippen LogP contribution in [0.4, 0.5) is 5.82 Å². The first-order valence-corrected chi connectivity index (χ1v) is 6.55. The Hall–Kier alpha value is -1.60. The fraction of sp³-hybridized carbons (Fsp3) is 0.571. The summed E-state index contributed by atoms with van der Waals surface area (Å²) < 4.78 is 0. The molecular formula is C14H19N3O. The topological polar surface area (TPSA) is 68.9 Å². The Labute approximate surface area is 108 Å². The highest BCUT2D eigenvalue weighted by atomic mass is 16.3. The molecule has 18 heavy (non-hydrogen) atoms. The van der Waals surface area contributed by atoms with E-state index in [9.17, 15) is 5.11 Å². The molecule has 0 amide bonds. The second-order valence-electron chi connectivity index (χ2n) is 5.01. The fourth-order valence-electron chi connectivity index (χ4n) is 2.41. The number of hydrogen-bond donors (Lipinski definition) is 2. The molecule has 4 heteroatoms. The van der Waals surface area contributed by atoms with Crippen LogP contribution in [0.25, 0.3) is 0 Å². The van der Waals surface area contributed by atoms with Crippen LogP contribution in [0.3, 0.4) is 0 Å². The molecule has 0 atom stereocenters. The summed E-state index contributed by atoms with van der Waals surface area (Å²) in [7, 11) is 0. The van der Waals surface area contributed by atoms with Gasteiger partial charge < -0.3 is 10.4 Å². The van der Waals surface area contributed by atoms with Gasteiger partial charge in [0.1, 0.15) is 17.6 Å². The molecule has 1 fully saturated rings. The number of rotatable bonds is 3. The standard InChI is InChI=1S/C14H19N3O/c15-10-12-6-5-7-13(17-12)16-11-14(18)8-3-1-2-4-9-14/h5-7,18H,1-4,8-9,11H2,(H,16,17). The number of aromatic nitrogens is 1. The normalized spacial score (nSPS) is 18.7. The number of nitriles is 1. The average Bonchev–Trinajstić information content (AvgIpc) is 2.62. The van der Waals surface area contributed by atoms with Gasteiger partial charge in [0.15, 0.2) is 0 Å². The molecule has 1 aliphatic rings. The Balaban J connectivity index is 1.95. The minimum atomic E-state index is -0.624. The Kier molecular flexibility index (Phi) is 4.16. The highest BCUT2D eigenvalue weighted by molar-refractivity contribution is 5.38. The van der Waals surface area contributed by atoms with Crippen molar-refractivity contribution in [3.05, 3.63) is 23.9 Å². The second-order valence-corrected chi connectivity index (χ2v) is 5.01. The molecule has 0 spiro atoms. The number of nitrogens with zero attached hydrogens (tertiary/aromatic N) is 2. The second kappa shape index (κ2) is 5.83. The Bertz CT molecular complexity index is 431. The zero-order chi connectivity index (χ0) is 12.8. The highest BCUT2D eigenvalue weighted by Gasteiger charge is 2.27. The Morgan fingerprint density at radius 2 is 2.00 bits per heavy atom. The molecule has 2 rings (SSSR count). The maximum absolute atomic E-state index is 10.5. The van der Waals surface area contributed by atoms with Crippen LogP contribution in [-0.2, 0) is 0 Å². The fourth-order valence-corrected chi connectivity index (χ4v) is 2.41. The summed E-state index contributed by atoms with van der Waals surface area (Å²) in [6.07, 6.45) is 6.29. The summed E-state index contributed by atoms with van der Waals surface area (Å²) in [6, 6.07) is 7.30. The summed E-state index contributed by atoms with van der Waals surface area (Å²) in [5, 5.41) is 22.4. The molecule has 1 saturated carbocycles. The van der Waals surface area contributed by atoms with Crippen molar-refractivity contribution < 1.29 is 5.11 Å². The molecule has 1 heterocycles. The third kappa shape index (κ3) is 3.44. The van der Waals surface area contributed by atoms with E-state index in [2.05, 4.69) is 10.3 Å². The Morgan fingerprint density at radius 3 is 2.67 bits per heavy atom. The number of aliphatic hydroxyl groups is 1. The van der Waals surface area contributed by atoms with Crippen LogP contribution in [0, 0.1) is 11.3 Å². The number of hydrogen-bond acceptors (Lipinski definition) is 4. The first-order chi connectivity index (χ1) is 8.72. The van der Waals surface area contributed by atoms with Crippen molar-refractivity contribution in [2.24, 2.45) is 0 Å². The average molecular weight is 245 g/mol. The molecular weight excluding hydrogens is 226 g/mol. The summed E-state index contributed by atoms with van der Waals surface area (Å²) in [4.78, 5) is 4.15. The maximum atomic E-state index is 10.5. The van der Waals surface area contributed by atoms with Crippen LogP contribution < -0.4 is 5.32 Å². The quantitative estimate of drug-likeness (QED) is 0.803. The van der Waals surface area contributed by atoms with Crippen LogP contribution >= 0.6 is 0 Å². The van der Waals surface area contributed by atoms with Gasteiger partial charge in [0.2, 0.25) is 0 Å². The van der Waals surface area contributed by atoms with Crippen molar-refractivity contribution in [1.29, 1.82) is 5.26 Å². The van der Waals surface area contributed by atoms with Crippen molar-refractivity contribution in [3.8, 4) is 6.07 Å². The largest absolute Gasteiger partial charge is 0.388 e. The minimum absolute atomic E-state index is 0.396. The molecule has 0 aromatic carbocycles. The number of pyridine rings is 1. The molecule has 96 valence electrons. The van der Waals surface area contributed by atoms with Gasteiger partial charge in [-0.3, -0.25) is 0 Å². The van der Waals surface area contributed by atoms with E-state index in [4.69, 9.17) is 5.26 Å². The molecule has 0 saturated heterocycles. The van der Waals surface area contributed by atoms with E-state index in [-0.39, 0.29) is 0 Å². The van der Waals surface area contributed by atoms with Gasteiger partial charge in [0, 0.05) is 6.54 Å². The van der Waals surface area contributed by atoms with Crippen LogP contribution in [-0.4, -0.2) is 22.2 Å². The first-order valence-electron chi connectivity index (χ1n) is 6.55. The number of nitrogens with one attached hydrogen (secondary N) is 1. The predicted octanol–water partition coefficient (Wildman–Crippen LogP) is 2.45. The van der Waals surface area contributed by atoms with E-state index in [0.717, 1.165) is 25.7 Å². The molecule has 0 aliphatic heterocycles. The van der Waals surface area contributed by atoms with E-state index in [1.807, 2.05) is 12.1 Å². The van der Waals surface area contributed by atoms with E-state index in [0.29, 0.717) is 18.1 Å². The van der Waals surface area contributed by atoms with E-state index in [1.165, 1.54) is 12.8 Å². The zero-order valence-electron chi connectivity index (χ0n) is 10.5. The van der Waals surface area contributed by atoms with Gasteiger partial charge in [-0.1, -0.05) is 31.7 Å². The van der Waals surface area contributed by atoms with Crippen LogP contribution in [0.2, 0.25) is 0 Å². The van der Waals surface area contributed by atoms with Gasteiger partial charge in [-0.15, -0.1) is 0 Å². The lowest BCUT2D eigenvalue weighted by Gasteiger charge is -2.27. The van der Waals surface area contributed by atoms with Crippen molar-refractivity contribution >= 4 is 5.82 Å². The smallest absolute Gasteiger partial charge is 0.142 e. The molecule has 0 radical (unpaired) electrons. The van der Waals surface area contributed by atoms with E-state index in [1.54, 1.807) is 12.1 Å². The molecule has 1 aromatic heterocycles. The monoisotopic (exact) mass is 245 g/mol. The van der Waals surface area contributed by atoms with Crippen molar-refractivity contribution in [2.75, 3.05) is 11.9 Å². The van der Waals surface area contributed by atoms with Gasteiger partial charge in [0.25, 0.3) is 0 Å². The molecule has 0 bridgehead atoms. The third-order valence-corrected chi connectivity index (χ3v) is 3.50. The van der Waals surface area contributed by atoms with Crippen LogP contribution in [0.5, 0.6) is 0 Å². The van der Waals surface area contributed by atoms with Gasteiger partial charge in [-0.05, 0) is 25.0 Å². The summed E-state index contributed by atoms with van der Waals surface area (Å²) in [5.74, 6) is 0.659. The lowest BCUT2D eigenvalue weighted by Crippen LogP contribution is -2.36. The summed E-state index contributed by atoms with van der Waals surface area (Å²) in [6.45, 7) is 0.509. The van der Waals surface area contributed by atoms with Crippen molar-refractivity contribution in [3.63, 3.8) is 0 Å². The zero-order valence-corrected chi connectivity index (χ0v) is 10.5. The molecule has 0 unspecified atom stereocenters. The molecule has 1 aromatic rings. The first kappa shape index (κ1) is 12.8. The van der Waals surface area contributed by atoms with Crippen molar-refractivity contribution in [1.82, 2.24) is 4.98 Å². The maximum Gasteiger partial charge on any atom is 0.142 e. The molecule has 2 N–H and O–H groups in total. The number of anilines is 1. The van der Waals surface area contributed by atoms with Gasteiger partial charge in [-0.25, -0.2) is 4.98 Å². The summed E-state index contributed by atoms with van der Waals surface area (Å²) >= 11 is 0. The predicted molar refractivity (Wildman–Crippen MR) is 70.1 cm³/mol. The molecule has 4 nitrogen and oxygen atoms in total. The van der Waals surface area contributed by atoms with Crippen LogP contribution in [0.15, 0.2) is 18.2 Å². The Morgan fingerprint density at radius 1 is 1.28 bits per heavy atom. The lowest BCUT2D eigenvalue weighted by atomic mass is 9.94. The lowest BCUT2D eigenvalue weighted by molar-refractivity contribution is 0.0380. The van der Waals surface area contributed by atoms with Gasteiger partial charge >= 0.3 is 0 Å². The van der Waals surface area contributed by atoms with Crippen LogP contribution in [0.1, 0.15) is 44.2 Å². The van der Waals surface area contributed by atoms with E-state index < -0.39 is 5.60 Å². The summed E-state index contributed by atoms with van der Waals surface area (Å²) in [5.41, 5.74) is -0.228. The van der Waals surface area contributed by atoms with Gasteiger partial charge in [0.05, 0.1) is 5.60 Å². The SMILES string of the molecule is N#Cc1cccc(NCC2(O)CCCCCC2)n1. The molecule has 1 aliphatic carbocycles. The van der Waals surface area contributed by atoms with E-state index >= 15 is 0 Å².